The number of urea groups is 1. The van der Waals surface area contributed by atoms with Crippen LogP contribution in [0.2, 0.25) is 0 Å². The molecule has 1 aliphatic rings. The number of amides is 4. The van der Waals surface area contributed by atoms with Crippen molar-refractivity contribution in [3.8, 4) is 0 Å². The third-order valence-electron chi connectivity index (χ3n) is 5.42. The number of benzene rings is 1. The number of likely N-dealkylation sites (N-methyl/N-ethyl adjacent to an activating group) is 1. The Morgan fingerprint density at radius 3 is 2.51 bits per heavy atom. The molecule has 1 aromatic rings. The normalized spacial score (nSPS) is 13.0. The van der Waals surface area contributed by atoms with Crippen LogP contribution in [-0.2, 0) is 22.7 Å². The Kier molecular flexibility index (Phi) is 12.2. The van der Waals surface area contributed by atoms with Gasteiger partial charge in [0.1, 0.15) is 12.3 Å². The first-order chi connectivity index (χ1) is 16.7. The minimum Gasteiger partial charge on any atom is -0.357 e. The maximum Gasteiger partial charge on any atom is 0.322 e. The number of nitrogens with one attached hydrogen (secondary N) is 2. The molecule has 0 spiro atoms. The third kappa shape index (κ3) is 7.95. The number of nitrogens with zero attached hydrogens (tertiary/aromatic N) is 2. The van der Waals surface area contributed by atoms with Crippen molar-refractivity contribution in [3.63, 3.8) is 0 Å². The van der Waals surface area contributed by atoms with Crippen LogP contribution >= 0.6 is 0 Å². The fourth-order valence-electron chi connectivity index (χ4n) is 3.69. The lowest BCUT2D eigenvalue weighted by atomic mass is 10.1. The van der Waals surface area contributed by atoms with Crippen LogP contribution in [0.25, 0.3) is 0 Å². The summed E-state index contributed by atoms with van der Waals surface area (Å²) in [6, 6.07) is 4.37. The monoisotopic (exact) mass is 482 g/mol. The van der Waals surface area contributed by atoms with Crippen LogP contribution in [0.5, 0.6) is 0 Å². The average Bonchev–Trinajstić information content (AvgIpc) is 3.17. The van der Waals surface area contributed by atoms with E-state index in [1.165, 1.54) is 11.9 Å². The van der Waals surface area contributed by atoms with Gasteiger partial charge < -0.3 is 25.2 Å². The van der Waals surface area contributed by atoms with Crippen molar-refractivity contribution < 1.29 is 19.2 Å². The summed E-state index contributed by atoms with van der Waals surface area (Å²) in [4.78, 5) is 52.0. The molecule has 1 aromatic carbocycles. The molecule has 2 N–H and O–H groups in total. The Labute approximate surface area is 208 Å². The van der Waals surface area contributed by atoms with E-state index >= 15 is 0 Å². The van der Waals surface area contributed by atoms with Gasteiger partial charge in [-0.3, -0.25) is 9.59 Å². The van der Waals surface area contributed by atoms with E-state index in [-0.39, 0.29) is 43.3 Å². The molecule has 0 fully saturated rings. The highest BCUT2D eigenvalue weighted by Gasteiger charge is 2.36. The summed E-state index contributed by atoms with van der Waals surface area (Å²) in [5.41, 5.74) is 2.64. The number of aldehydes is 1. The zero-order chi connectivity index (χ0) is 26.5. The highest BCUT2D eigenvalue weighted by Crippen LogP contribution is 2.28. The molecule has 1 unspecified atom stereocenters. The number of fused-ring (bicyclic) bond motifs is 1. The van der Waals surface area contributed by atoms with Crippen LogP contribution in [0.15, 0.2) is 55.3 Å². The summed E-state index contributed by atoms with van der Waals surface area (Å²) in [6.07, 6.45) is 6.14. The maximum atomic E-state index is 12.9. The second kappa shape index (κ2) is 14.6. The van der Waals surface area contributed by atoms with Crippen LogP contribution in [0.3, 0.4) is 0 Å². The average molecular weight is 483 g/mol. The number of rotatable bonds is 11. The molecule has 0 saturated heterocycles. The minimum atomic E-state index is -0.712. The van der Waals surface area contributed by atoms with Crippen molar-refractivity contribution in [1.29, 1.82) is 0 Å². The van der Waals surface area contributed by atoms with Gasteiger partial charge in [-0.1, -0.05) is 51.3 Å². The molecule has 0 aromatic heterocycles. The van der Waals surface area contributed by atoms with E-state index in [4.69, 9.17) is 0 Å². The van der Waals surface area contributed by atoms with Crippen molar-refractivity contribution in [1.82, 2.24) is 20.4 Å². The Morgan fingerprint density at radius 1 is 1.26 bits per heavy atom. The number of allylic oxidation sites excluding steroid dienone is 3. The van der Waals surface area contributed by atoms with E-state index in [0.29, 0.717) is 17.8 Å². The Morgan fingerprint density at radius 2 is 1.94 bits per heavy atom. The number of hydrogen-bond acceptors (Lipinski definition) is 4. The standard InChI is InChI=1S/C25H32N4O4.C2H6/c1-6-7-9-18(4)27-25(33)28(17(2)3)15-19-11-12-21-20(14-19)16-29(24(21)32)22(10-8-13-30)23(31)26-5;1-2/h6-7,9,11-14,17,22H,1,4,8,10,15-16H2,2-3,5H3,(H,26,31)(H,27,33);1-2H3/b9-7-;. The lowest BCUT2D eigenvalue weighted by Crippen LogP contribution is -2.46. The van der Waals surface area contributed by atoms with E-state index in [9.17, 15) is 19.2 Å². The van der Waals surface area contributed by atoms with E-state index < -0.39 is 6.04 Å². The number of carbonyl (C=O) groups excluding carboxylic acids is 4. The van der Waals surface area contributed by atoms with Crippen LogP contribution in [0.4, 0.5) is 4.79 Å². The summed E-state index contributed by atoms with van der Waals surface area (Å²) in [7, 11) is 1.51. The van der Waals surface area contributed by atoms with E-state index in [1.807, 2.05) is 39.8 Å². The van der Waals surface area contributed by atoms with Gasteiger partial charge in [-0.2, -0.15) is 0 Å². The van der Waals surface area contributed by atoms with Gasteiger partial charge in [-0.25, -0.2) is 4.79 Å². The van der Waals surface area contributed by atoms with E-state index in [2.05, 4.69) is 23.8 Å². The van der Waals surface area contributed by atoms with Crippen molar-refractivity contribution in [3.05, 3.63) is 72.0 Å². The molecule has 2 rings (SSSR count). The topological polar surface area (TPSA) is 98.8 Å². The second-order valence-corrected chi connectivity index (χ2v) is 8.07. The zero-order valence-corrected chi connectivity index (χ0v) is 21.5. The first-order valence-corrected chi connectivity index (χ1v) is 11.9. The number of hydrogen-bond donors (Lipinski definition) is 2. The lowest BCUT2D eigenvalue weighted by molar-refractivity contribution is -0.125. The van der Waals surface area contributed by atoms with Crippen LogP contribution < -0.4 is 10.6 Å². The van der Waals surface area contributed by atoms with Gasteiger partial charge in [0.2, 0.25) is 5.91 Å². The highest BCUT2D eigenvalue weighted by atomic mass is 16.2. The predicted octanol–water partition coefficient (Wildman–Crippen LogP) is 3.94. The zero-order valence-electron chi connectivity index (χ0n) is 21.5. The summed E-state index contributed by atoms with van der Waals surface area (Å²) in [5.74, 6) is -0.536. The molecule has 8 heteroatoms. The number of carbonyl (C=O) groups is 4. The molecule has 1 heterocycles. The summed E-state index contributed by atoms with van der Waals surface area (Å²) in [6.45, 7) is 15.9. The van der Waals surface area contributed by atoms with Gasteiger partial charge in [0.05, 0.1) is 0 Å². The summed E-state index contributed by atoms with van der Waals surface area (Å²) < 4.78 is 0. The lowest BCUT2D eigenvalue weighted by Gasteiger charge is -2.27. The van der Waals surface area contributed by atoms with Crippen LogP contribution in [0, 0.1) is 0 Å². The van der Waals surface area contributed by atoms with Crippen molar-refractivity contribution in [2.24, 2.45) is 0 Å². The third-order valence-corrected chi connectivity index (χ3v) is 5.42. The summed E-state index contributed by atoms with van der Waals surface area (Å²) >= 11 is 0. The van der Waals surface area contributed by atoms with E-state index in [0.717, 1.165) is 17.4 Å². The van der Waals surface area contributed by atoms with Gasteiger partial charge in [0, 0.05) is 43.9 Å². The molecular formula is C27H38N4O4. The van der Waals surface area contributed by atoms with E-state index in [1.54, 1.807) is 29.2 Å². The summed E-state index contributed by atoms with van der Waals surface area (Å²) in [5, 5.41) is 5.33. The molecular weight excluding hydrogens is 444 g/mol. The molecule has 4 amide bonds. The molecule has 1 aliphatic heterocycles. The fourth-order valence-corrected chi connectivity index (χ4v) is 3.69. The molecule has 1 atom stereocenters. The SMILES string of the molecule is C=C/C=C\C(=C)NC(=O)N(Cc1ccc2c(c1)CN(C(CCC=O)C(=O)NC)C2=O)C(C)C.CC. The van der Waals surface area contributed by atoms with Crippen molar-refractivity contribution in [2.75, 3.05) is 7.05 Å². The first-order valence-electron chi connectivity index (χ1n) is 11.9. The quantitative estimate of drug-likeness (QED) is 0.369. The maximum absolute atomic E-state index is 12.9. The molecule has 8 nitrogen and oxygen atoms in total. The first kappa shape index (κ1) is 29.4. The Balaban J connectivity index is 0.00000298. The van der Waals surface area contributed by atoms with Gasteiger partial charge in [-0.05, 0) is 43.5 Å². The molecule has 190 valence electrons. The fraction of sp³-hybridized carbons (Fsp3) is 0.407. The van der Waals surface area contributed by atoms with Crippen LogP contribution in [-0.4, -0.2) is 53.1 Å². The molecule has 0 aliphatic carbocycles. The van der Waals surface area contributed by atoms with Crippen molar-refractivity contribution in [2.45, 2.75) is 65.7 Å². The van der Waals surface area contributed by atoms with Gasteiger partial charge in [0.25, 0.3) is 5.91 Å². The van der Waals surface area contributed by atoms with Gasteiger partial charge in [0.15, 0.2) is 0 Å². The smallest absolute Gasteiger partial charge is 0.322 e. The largest absolute Gasteiger partial charge is 0.357 e. The molecule has 35 heavy (non-hydrogen) atoms. The van der Waals surface area contributed by atoms with Gasteiger partial charge in [-0.15, -0.1) is 0 Å². The van der Waals surface area contributed by atoms with Crippen molar-refractivity contribution >= 4 is 24.1 Å². The Bertz CT molecular complexity index is 968. The Hall–Kier alpha value is -3.68. The van der Waals surface area contributed by atoms with Gasteiger partial charge >= 0.3 is 6.03 Å². The highest BCUT2D eigenvalue weighted by molar-refractivity contribution is 6.01. The predicted molar refractivity (Wildman–Crippen MR) is 139 cm³/mol. The molecule has 0 radical (unpaired) electrons. The molecule has 0 saturated carbocycles. The molecule has 0 bridgehead atoms. The minimum absolute atomic E-state index is 0.0754. The second-order valence-electron chi connectivity index (χ2n) is 8.07. The van der Waals surface area contributed by atoms with Crippen LogP contribution in [0.1, 0.15) is 62.0 Å².